The first-order valence-corrected chi connectivity index (χ1v) is 5.62. The Morgan fingerprint density at radius 1 is 1.19 bits per heavy atom. The van der Waals surface area contributed by atoms with Gasteiger partial charge in [-0.3, -0.25) is 4.68 Å². The van der Waals surface area contributed by atoms with E-state index < -0.39 is 0 Å². The maximum absolute atomic E-state index is 4.57. The van der Waals surface area contributed by atoms with Crippen LogP contribution in [0.2, 0.25) is 0 Å². The van der Waals surface area contributed by atoms with Gasteiger partial charge < -0.3 is 0 Å². The van der Waals surface area contributed by atoms with Gasteiger partial charge in [0.05, 0.1) is 5.69 Å². The highest BCUT2D eigenvalue weighted by atomic mass is 15.3. The molecule has 0 radical (unpaired) electrons. The molecule has 0 aliphatic heterocycles. The molecule has 0 spiro atoms. The van der Waals surface area contributed by atoms with Crippen LogP contribution >= 0.6 is 0 Å². The second-order valence-corrected chi connectivity index (χ2v) is 5.47. The zero-order chi connectivity index (χ0) is 12.1. The summed E-state index contributed by atoms with van der Waals surface area (Å²) in [6.45, 7) is 10.8. The van der Waals surface area contributed by atoms with E-state index in [-0.39, 0.29) is 5.41 Å². The minimum absolute atomic E-state index is 0.125. The third-order valence-corrected chi connectivity index (χ3v) is 2.90. The van der Waals surface area contributed by atoms with Crippen molar-refractivity contribution < 1.29 is 0 Å². The molecule has 2 aromatic rings. The molecular weight excluding hydrogens is 198 g/mol. The first kappa shape index (κ1) is 11.1. The third kappa shape index (κ3) is 1.60. The monoisotopic (exact) mass is 217 g/mol. The number of pyridine rings is 1. The van der Waals surface area contributed by atoms with Gasteiger partial charge in [-0.25, -0.2) is 4.98 Å². The second-order valence-electron chi connectivity index (χ2n) is 5.47. The first-order valence-electron chi connectivity index (χ1n) is 5.62. The topological polar surface area (TPSA) is 30.7 Å². The standard InChI is InChI=1S/C13H19N3/c1-8-7-10(13(3,4)5)11-9(2)15-16(6)12(11)14-8/h7H,1-6H3. The van der Waals surface area contributed by atoms with Gasteiger partial charge in [0.2, 0.25) is 0 Å². The maximum Gasteiger partial charge on any atom is 0.158 e. The summed E-state index contributed by atoms with van der Waals surface area (Å²) in [5.41, 5.74) is 4.57. The summed E-state index contributed by atoms with van der Waals surface area (Å²) in [6, 6.07) is 2.18. The molecule has 2 rings (SSSR count). The Morgan fingerprint density at radius 3 is 2.38 bits per heavy atom. The van der Waals surface area contributed by atoms with E-state index in [4.69, 9.17) is 0 Å². The van der Waals surface area contributed by atoms with Gasteiger partial charge in [0, 0.05) is 18.1 Å². The molecule has 0 bridgehead atoms. The average molecular weight is 217 g/mol. The Balaban J connectivity index is 2.92. The molecule has 0 aliphatic carbocycles. The highest BCUT2D eigenvalue weighted by Crippen LogP contribution is 2.31. The van der Waals surface area contributed by atoms with Gasteiger partial charge in [0.15, 0.2) is 5.65 Å². The third-order valence-electron chi connectivity index (χ3n) is 2.90. The van der Waals surface area contributed by atoms with Crippen LogP contribution in [0.3, 0.4) is 0 Å². The summed E-state index contributed by atoms with van der Waals surface area (Å²) >= 11 is 0. The minimum Gasteiger partial charge on any atom is -0.250 e. The predicted molar refractivity (Wildman–Crippen MR) is 66.7 cm³/mol. The van der Waals surface area contributed by atoms with Crippen LogP contribution in [-0.4, -0.2) is 14.8 Å². The number of hydrogen-bond donors (Lipinski definition) is 0. The summed E-state index contributed by atoms with van der Waals surface area (Å²) in [6.07, 6.45) is 0. The largest absolute Gasteiger partial charge is 0.250 e. The van der Waals surface area contributed by atoms with E-state index in [1.54, 1.807) is 0 Å². The highest BCUT2D eigenvalue weighted by molar-refractivity contribution is 5.83. The van der Waals surface area contributed by atoms with E-state index in [0.717, 1.165) is 17.0 Å². The fourth-order valence-corrected chi connectivity index (χ4v) is 2.16. The highest BCUT2D eigenvalue weighted by Gasteiger charge is 2.21. The SMILES string of the molecule is Cc1cc(C(C)(C)C)c2c(C)nn(C)c2n1. The van der Waals surface area contributed by atoms with Crippen molar-refractivity contribution in [2.75, 3.05) is 0 Å². The predicted octanol–water partition coefficient (Wildman–Crippen LogP) is 2.88. The van der Waals surface area contributed by atoms with Gasteiger partial charge >= 0.3 is 0 Å². The smallest absolute Gasteiger partial charge is 0.158 e. The molecule has 0 N–H and O–H groups in total. The van der Waals surface area contributed by atoms with E-state index in [2.05, 4.69) is 43.8 Å². The lowest BCUT2D eigenvalue weighted by Crippen LogP contribution is -2.13. The lowest BCUT2D eigenvalue weighted by Gasteiger charge is -2.20. The zero-order valence-corrected chi connectivity index (χ0v) is 10.9. The van der Waals surface area contributed by atoms with E-state index in [1.807, 2.05) is 18.7 Å². The Labute approximate surface area is 96.5 Å². The fourth-order valence-electron chi connectivity index (χ4n) is 2.16. The second kappa shape index (κ2) is 3.30. The molecule has 0 unspecified atom stereocenters. The summed E-state index contributed by atoms with van der Waals surface area (Å²) in [4.78, 5) is 4.57. The number of nitrogens with zero attached hydrogens (tertiary/aromatic N) is 3. The molecule has 3 heteroatoms. The van der Waals surface area contributed by atoms with Crippen molar-refractivity contribution in [1.82, 2.24) is 14.8 Å². The summed E-state index contributed by atoms with van der Waals surface area (Å²) in [7, 11) is 1.95. The van der Waals surface area contributed by atoms with Gasteiger partial charge in [-0.2, -0.15) is 5.10 Å². The molecule has 86 valence electrons. The number of hydrogen-bond acceptors (Lipinski definition) is 2. The van der Waals surface area contributed by atoms with Crippen molar-refractivity contribution in [2.24, 2.45) is 7.05 Å². The minimum atomic E-state index is 0.125. The number of aromatic nitrogens is 3. The lowest BCUT2D eigenvalue weighted by molar-refractivity contribution is 0.594. The summed E-state index contributed by atoms with van der Waals surface area (Å²) in [5.74, 6) is 0. The van der Waals surface area contributed by atoms with E-state index in [0.29, 0.717) is 0 Å². The molecule has 0 saturated carbocycles. The summed E-state index contributed by atoms with van der Waals surface area (Å²) in [5, 5.41) is 5.67. The lowest BCUT2D eigenvalue weighted by atomic mass is 9.85. The quantitative estimate of drug-likeness (QED) is 0.679. The molecule has 3 nitrogen and oxygen atoms in total. The van der Waals surface area contributed by atoms with Crippen molar-refractivity contribution in [3.8, 4) is 0 Å². The molecule has 0 aliphatic rings. The molecule has 0 atom stereocenters. The van der Waals surface area contributed by atoms with Gasteiger partial charge in [0.25, 0.3) is 0 Å². The van der Waals surface area contributed by atoms with Crippen molar-refractivity contribution in [3.63, 3.8) is 0 Å². The van der Waals surface area contributed by atoms with Gasteiger partial charge in [-0.1, -0.05) is 20.8 Å². The Kier molecular flexibility index (Phi) is 2.30. The van der Waals surface area contributed by atoms with Crippen molar-refractivity contribution in [3.05, 3.63) is 23.0 Å². The Bertz CT molecular complexity index is 544. The zero-order valence-electron chi connectivity index (χ0n) is 10.9. The molecular formula is C13H19N3. The molecule has 16 heavy (non-hydrogen) atoms. The Hall–Kier alpha value is -1.38. The Morgan fingerprint density at radius 2 is 1.81 bits per heavy atom. The molecule has 2 heterocycles. The van der Waals surface area contributed by atoms with Gasteiger partial charge in [0.1, 0.15) is 0 Å². The number of rotatable bonds is 0. The molecule has 0 aromatic carbocycles. The van der Waals surface area contributed by atoms with Crippen LogP contribution in [0, 0.1) is 13.8 Å². The van der Waals surface area contributed by atoms with Crippen molar-refractivity contribution in [1.29, 1.82) is 0 Å². The van der Waals surface area contributed by atoms with E-state index in [9.17, 15) is 0 Å². The van der Waals surface area contributed by atoms with Crippen LogP contribution in [0.1, 0.15) is 37.7 Å². The van der Waals surface area contributed by atoms with Gasteiger partial charge in [-0.15, -0.1) is 0 Å². The van der Waals surface area contributed by atoms with Crippen molar-refractivity contribution >= 4 is 11.0 Å². The summed E-state index contributed by atoms with van der Waals surface area (Å²) < 4.78 is 1.87. The number of aryl methyl sites for hydroxylation is 3. The van der Waals surface area contributed by atoms with E-state index >= 15 is 0 Å². The fraction of sp³-hybridized carbons (Fsp3) is 0.538. The van der Waals surface area contributed by atoms with Crippen LogP contribution in [0.25, 0.3) is 11.0 Å². The van der Waals surface area contributed by atoms with Crippen LogP contribution in [0.15, 0.2) is 6.07 Å². The van der Waals surface area contributed by atoms with Crippen LogP contribution < -0.4 is 0 Å². The normalized spacial score (nSPS) is 12.4. The maximum atomic E-state index is 4.57. The molecule has 2 aromatic heterocycles. The molecule has 0 amide bonds. The van der Waals surface area contributed by atoms with Crippen LogP contribution in [-0.2, 0) is 12.5 Å². The van der Waals surface area contributed by atoms with Crippen LogP contribution in [0.4, 0.5) is 0 Å². The molecule has 0 fully saturated rings. The average Bonchev–Trinajstić information content (AvgIpc) is 2.40. The number of fused-ring (bicyclic) bond motifs is 1. The first-order chi connectivity index (χ1) is 7.30. The van der Waals surface area contributed by atoms with Gasteiger partial charge in [-0.05, 0) is 30.9 Å². The van der Waals surface area contributed by atoms with E-state index in [1.165, 1.54) is 10.9 Å². The van der Waals surface area contributed by atoms with Crippen molar-refractivity contribution in [2.45, 2.75) is 40.0 Å². The molecule has 0 saturated heterocycles. The van der Waals surface area contributed by atoms with Crippen LogP contribution in [0.5, 0.6) is 0 Å².